The molecule has 70 valence electrons. The van der Waals surface area contributed by atoms with Gasteiger partial charge in [0.25, 0.3) is 5.24 Å². The number of halogens is 2. The van der Waals surface area contributed by atoms with Gasteiger partial charge in [-0.05, 0) is 29.3 Å². The molecule has 0 unspecified atom stereocenters. The molecule has 3 nitrogen and oxygen atoms in total. The van der Waals surface area contributed by atoms with E-state index in [-0.39, 0.29) is 12.4 Å². The second-order valence-electron chi connectivity index (χ2n) is 2.17. The maximum atomic E-state index is 10.6. The summed E-state index contributed by atoms with van der Waals surface area (Å²) in [7, 11) is 0. The second kappa shape index (κ2) is 5.56. The highest BCUT2D eigenvalue weighted by molar-refractivity contribution is 6.67. The summed E-state index contributed by atoms with van der Waals surface area (Å²) in [6.07, 6.45) is 1.49. The zero-order valence-corrected chi connectivity index (χ0v) is 8.18. The van der Waals surface area contributed by atoms with Crippen molar-refractivity contribution in [3.63, 3.8) is 0 Å². The van der Waals surface area contributed by atoms with E-state index < -0.39 is 5.24 Å². The van der Waals surface area contributed by atoms with Gasteiger partial charge in [0.15, 0.2) is 0 Å². The van der Waals surface area contributed by atoms with Crippen molar-refractivity contribution >= 4 is 35.5 Å². The highest BCUT2D eigenvalue weighted by Crippen LogP contribution is 2.05. The van der Waals surface area contributed by atoms with E-state index in [2.05, 4.69) is 5.10 Å². The standard InChI is InChI=1S/C8H7ClN2O.ClH/c9-8(12)7-3-1-6(2-4-7)5-11-10;/h1-5H,10H2;1H. The van der Waals surface area contributed by atoms with Crippen LogP contribution in [0, 0.1) is 0 Å². The average Bonchev–Trinajstić information content (AvgIpc) is 2.06. The molecule has 13 heavy (non-hydrogen) atoms. The largest absolute Gasteiger partial charge is 0.323 e. The Balaban J connectivity index is 0.00000144. The minimum atomic E-state index is -0.466. The fraction of sp³-hybridized carbons (Fsp3) is 0. The Morgan fingerprint density at radius 2 is 1.92 bits per heavy atom. The number of benzene rings is 1. The van der Waals surface area contributed by atoms with Crippen molar-refractivity contribution in [2.24, 2.45) is 10.9 Å². The number of carbonyl (C=O) groups excluding carboxylic acids is 1. The van der Waals surface area contributed by atoms with Crippen LogP contribution < -0.4 is 5.84 Å². The normalized spacial score (nSPS) is 9.62. The molecule has 0 aliphatic heterocycles. The molecule has 0 aliphatic rings. The molecule has 1 aromatic carbocycles. The Morgan fingerprint density at radius 1 is 1.38 bits per heavy atom. The van der Waals surface area contributed by atoms with Gasteiger partial charge < -0.3 is 5.84 Å². The van der Waals surface area contributed by atoms with Crippen molar-refractivity contribution in [1.82, 2.24) is 0 Å². The average molecular weight is 219 g/mol. The Bertz CT molecular complexity index is 308. The third kappa shape index (κ3) is 3.44. The van der Waals surface area contributed by atoms with Crippen LogP contribution in [0.25, 0.3) is 0 Å². The summed E-state index contributed by atoms with van der Waals surface area (Å²) >= 11 is 5.24. The van der Waals surface area contributed by atoms with Crippen molar-refractivity contribution in [3.8, 4) is 0 Å². The smallest absolute Gasteiger partial charge is 0.252 e. The van der Waals surface area contributed by atoms with Crippen LogP contribution in [0.15, 0.2) is 29.4 Å². The number of hydrazone groups is 1. The third-order valence-electron chi connectivity index (χ3n) is 1.36. The molecule has 0 radical (unpaired) electrons. The third-order valence-corrected chi connectivity index (χ3v) is 1.58. The monoisotopic (exact) mass is 218 g/mol. The van der Waals surface area contributed by atoms with Crippen LogP contribution in [0.4, 0.5) is 0 Å². The van der Waals surface area contributed by atoms with Crippen LogP contribution >= 0.6 is 24.0 Å². The molecule has 0 aromatic heterocycles. The molecular formula is C8H8Cl2N2O. The second-order valence-corrected chi connectivity index (χ2v) is 2.52. The van der Waals surface area contributed by atoms with Gasteiger partial charge in [0.05, 0.1) is 6.21 Å². The predicted octanol–water partition coefficient (Wildman–Crippen LogP) is 1.78. The first-order chi connectivity index (χ1) is 5.74. The molecule has 0 aliphatic carbocycles. The fourth-order valence-electron chi connectivity index (χ4n) is 0.786. The number of rotatable bonds is 2. The van der Waals surface area contributed by atoms with E-state index in [4.69, 9.17) is 17.4 Å². The van der Waals surface area contributed by atoms with Crippen LogP contribution in [0.1, 0.15) is 15.9 Å². The van der Waals surface area contributed by atoms with Crippen molar-refractivity contribution in [2.45, 2.75) is 0 Å². The van der Waals surface area contributed by atoms with Gasteiger partial charge in [-0.15, -0.1) is 12.4 Å². The lowest BCUT2D eigenvalue weighted by molar-refractivity contribution is 0.108. The SMILES string of the molecule is Cl.NN=Cc1ccc(C(=O)Cl)cc1. The predicted molar refractivity (Wildman–Crippen MR) is 55.7 cm³/mol. The summed E-state index contributed by atoms with van der Waals surface area (Å²) in [6.45, 7) is 0. The lowest BCUT2D eigenvalue weighted by atomic mass is 10.2. The molecule has 0 spiro atoms. The van der Waals surface area contributed by atoms with E-state index in [1.54, 1.807) is 24.3 Å². The van der Waals surface area contributed by atoms with Crippen molar-refractivity contribution in [1.29, 1.82) is 0 Å². The number of hydrogen-bond acceptors (Lipinski definition) is 3. The molecule has 1 rings (SSSR count). The molecule has 0 saturated heterocycles. The maximum Gasteiger partial charge on any atom is 0.252 e. The Hall–Kier alpha value is -1.06. The lowest BCUT2D eigenvalue weighted by Crippen LogP contribution is -1.90. The minimum absolute atomic E-state index is 0. The molecule has 0 bridgehead atoms. The summed E-state index contributed by atoms with van der Waals surface area (Å²) in [5.41, 5.74) is 1.30. The quantitative estimate of drug-likeness (QED) is 0.356. The first kappa shape index (κ1) is 11.9. The molecule has 1 aromatic rings. The molecule has 2 N–H and O–H groups in total. The molecule has 0 amide bonds. The molecule has 0 heterocycles. The van der Waals surface area contributed by atoms with Crippen molar-refractivity contribution in [3.05, 3.63) is 35.4 Å². The highest BCUT2D eigenvalue weighted by atomic mass is 35.5. The Morgan fingerprint density at radius 3 is 2.31 bits per heavy atom. The van der Waals surface area contributed by atoms with Gasteiger partial charge in [0, 0.05) is 5.56 Å². The molecule has 0 fully saturated rings. The number of carbonyl (C=O) groups is 1. The number of nitrogens with two attached hydrogens (primary N) is 1. The van der Waals surface area contributed by atoms with E-state index >= 15 is 0 Å². The van der Waals surface area contributed by atoms with E-state index in [0.717, 1.165) is 5.56 Å². The van der Waals surface area contributed by atoms with Crippen molar-refractivity contribution < 1.29 is 4.79 Å². The van der Waals surface area contributed by atoms with Gasteiger partial charge >= 0.3 is 0 Å². The Labute approximate surface area is 87.0 Å². The molecule has 5 heteroatoms. The van der Waals surface area contributed by atoms with Gasteiger partial charge in [-0.25, -0.2) is 0 Å². The van der Waals surface area contributed by atoms with Crippen LogP contribution in [-0.2, 0) is 0 Å². The van der Waals surface area contributed by atoms with Gasteiger partial charge in [-0.3, -0.25) is 4.79 Å². The van der Waals surface area contributed by atoms with Gasteiger partial charge in [0.1, 0.15) is 0 Å². The highest BCUT2D eigenvalue weighted by Gasteiger charge is 1.98. The zero-order chi connectivity index (χ0) is 8.97. The van der Waals surface area contributed by atoms with E-state index in [0.29, 0.717) is 5.56 Å². The molecule has 0 atom stereocenters. The lowest BCUT2D eigenvalue weighted by Gasteiger charge is -1.93. The molecular weight excluding hydrogens is 211 g/mol. The van der Waals surface area contributed by atoms with Crippen LogP contribution in [-0.4, -0.2) is 11.5 Å². The summed E-state index contributed by atoms with van der Waals surface area (Å²) in [5.74, 6) is 4.93. The zero-order valence-electron chi connectivity index (χ0n) is 6.61. The first-order valence-corrected chi connectivity index (χ1v) is 3.65. The van der Waals surface area contributed by atoms with Crippen LogP contribution in [0.3, 0.4) is 0 Å². The minimum Gasteiger partial charge on any atom is -0.323 e. The van der Waals surface area contributed by atoms with Gasteiger partial charge in [0.2, 0.25) is 0 Å². The van der Waals surface area contributed by atoms with Gasteiger partial charge in [-0.1, -0.05) is 12.1 Å². The van der Waals surface area contributed by atoms with E-state index in [9.17, 15) is 4.79 Å². The number of hydrogen-bond donors (Lipinski definition) is 1. The van der Waals surface area contributed by atoms with Crippen molar-refractivity contribution in [2.75, 3.05) is 0 Å². The maximum absolute atomic E-state index is 10.6. The van der Waals surface area contributed by atoms with Crippen LogP contribution in [0.2, 0.25) is 0 Å². The van der Waals surface area contributed by atoms with E-state index in [1.165, 1.54) is 6.21 Å². The topological polar surface area (TPSA) is 55.4 Å². The first-order valence-electron chi connectivity index (χ1n) is 3.27. The number of nitrogens with zero attached hydrogens (tertiary/aromatic N) is 1. The summed E-state index contributed by atoms with van der Waals surface area (Å²) in [6, 6.07) is 6.66. The summed E-state index contributed by atoms with van der Waals surface area (Å²) < 4.78 is 0. The fourth-order valence-corrected chi connectivity index (χ4v) is 0.912. The summed E-state index contributed by atoms with van der Waals surface area (Å²) in [5, 5.41) is 2.87. The van der Waals surface area contributed by atoms with Crippen LogP contribution in [0.5, 0.6) is 0 Å². The van der Waals surface area contributed by atoms with Gasteiger partial charge in [-0.2, -0.15) is 5.10 Å². The Kier molecular flexibility index (Phi) is 5.11. The summed E-state index contributed by atoms with van der Waals surface area (Å²) in [4.78, 5) is 10.6. The molecule has 0 saturated carbocycles. The van der Waals surface area contributed by atoms with E-state index in [1.807, 2.05) is 0 Å².